The van der Waals surface area contributed by atoms with Crippen LogP contribution in [0.5, 0.6) is 0 Å². The molecule has 1 N–H and O–H groups in total. The number of ether oxygens (including phenoxy) is 1. The number of sulfone groups is 1. The summed E-state index contributed by atoms with van der Waals surface area (Å²) >= 11 is 1.17. The van der Waals surface area contributed by atoms with Crippen LogP contribution in [-0.2, 0) is 26.0 Å². The Hall–Kier alpha value is -3.22. The van der Waals surface area contributed by atoms with Crippen molar-refractivity contribution >= 4 is 38.1 Å². The molecule has 4 heterocycles. The lowest BCUT2D eigenvalue weighted by molar-refractivity contribution is -0.123. The topological polar surface area (TPSA) is 119 Å². The van der Waals surface area contributed by atoms with Crippen LogP contribution in [-0.4, -0.2) is 60.0 Å². The second-order valence-electron chi connectivity index (χ2n) is 7.87. The van der Waals surface area contributed by atoms with Gasteiger partial charge in [0.1, 0.15) is 11.7 Å². The lowest BCUT2D eigenvalue weighted by Gasteiger charge is -2.39. The van der Waals surface area contributed by atoms with Crippen LogP contribution < -0.4 is 5.32 Å². The van der Waals surface area contributed by atoms with Crippen molar-refractivity contribution < 1.29 is 27.1 Å². The molecule has 1 saturated heterocycles. The Bertz CT molecular complexity index is 1390. The van der Waals surface area contributed by atoms with E-state index in [-0.39, 0.29) is 29.4 Å². The lowest BCUT2D eigenvalue weighted by Crippen LogP contribution is -2.56. The number of nitrogens with one attached hydrogen (secondary N) is 1. The standard InChI is InChI=1S/C22H19FN4O5S2/c23-19-3-1-2-15(24-19)16-12-33-22(25-16)26-20(28)17-6-7-27(17)21(29)13-4-5-14-11-32-8-9-34(30,31)18(14)10-13/h1-5,10,12,17H,6-9,11H2,(H,25,26,28)/t17-/m0/s1. The molecule has 5 rings (SSSR count). The molecular weight excluding hydrogens is 483 g/mol. The number of amides is 2. The van der Waals surface area contributed by atoms with E-state index in [1.807, 2.05) is 0 Å². The van der Waals surface area contributed by atoms with Gasteiger partial charge in [-0.1, -0.05) is 12.1 Å². The average Bonchev–Trinajstić information content (AvgIpc) is 3.18. The first-order valence-electron chi connectivity index (χ1n) is 10.5. The average molecular weight is 503 g/mol. The number of fused-ring (bicyclic) bond motifs is 1. The highest BCUT2D eigenvalue weighted by atomic mass is 32.2. The van der Waals surface area contributed by atoms with Crippen LogP contribution in [0.1, 0.15) is 22.3 Å². The summed E-state index contributed by atoms with van der Waals surface area (Å²) in [6.07, 6.45) is 0.471. The molecule has 0 aliphatic carbocycles. The maximum absolute atomic E-state index is 13.4. The Morgan fingerprint density at radius 3 is 2.79 bits per heavy atom. The monoisotopic (exact) mass is 502 g/mol. The fourth-order valence-corrected chi connectivity index (χ4v) is 5.91. The third-order valence-electron chi connectivity index (χ3n) is 5.70. The van der Waals surface area contributed by atoms with Gasteiger partial charge < -0.3 is 15.0 Å². The zero-order valence-corrected chi connectivity index (χ0v) is 19.4. The zero-order valence-electron chi connectivity index (χ0n) is 17.7. The molecular formula is C22H19FN4O5S2. The van der Waals surface area contributed by atoms with Gasteiger partial charge in [-0.05, 0) is 36.2 Å². The molecule has 2 amide bonds. The minimum absolute atomic E-state index is 0.0960. The molecule has 1 fully saturated rings. The van der Waals surface area contributed by atoms with Gasteiger partial charge in [0.05, 0.1) is 29.6 Å². The van der Waals surface area contributed by atoms with Gasteiger partial charge in [-0.2, -0.15) is 4.39 Å². The third kappa shape index (κ3) is 4.31. The van der Waals surface area contributed by atoms with E-state index in [4.69, 9.17) is 4.74 Å². The molecule has 34 heavy (non-hydrogen) atoms. The SMILES string of the molecule is O=C(Nc1nc(-c2cccc(F)n2)cs1)[C@@H]1CCN1C(=O)c1ccc2c(c1)S(=O)(=O)CCOC2. The van der Waals surface area contributed by atoms with Gasteiger partial charge in [-0.25, -0.2) is 18.4 Å². The van der Waals surface area contributed by atoms with E-state index in [1.54, 1.807) is 23.6 Å². The van der Waals surface area contributed by atoms with Gasteiger partial charge >= 0.3 is 0 Å². The van der Waals surface area contributed by atoms with Crippen molar-refractivity contribution in [1.29, 1.82) is 0 Å². The highest BCUT2D eigenvalue weighted by Crippen LogP contribution is 2.28. The number of carbonyl (C=O) groups is 2. The molecule has 12 heteroatoms. The molecule has 1 aromatic carbocycles. The minimum atomic E-state index is -3.55. The predicted molar refractivity (Wildman–Crippen MR) is 122 cm³/mol. The Kier molecular flexibility index (Phi) is 5.88. The first-order valence-corrected chi connectivity index (χ1v) is 13.0. The minimum Gasteiger partial charge on any atom is -0.376 e. The van der Waals surface area contributed by atoms with Crippen molar-refractivity contribution in [3.8, 4) is 11.4 Å². The largest absolute Gasteiger partial charge is 0.376 e. The molecule has 1 atom stereocenters. The van der Waals surface area contributed by atoms with E-state index >= 15 is 0 Å². The Balaban J connectivity index is 1.30. The second kappa shape index (κ2) is 8.85. The van der Waals surface area contributed by atoms with Crippen LogP contribution in [0.15, 0.2) is 46.7 Å². The van der Waals surface area contributed by atoms with E-state index in [9.17, 15) is 22.4 Å². The molecule has 9 nitrogen and oxygen atoms in total. The third-order valence-corrected chi connectivity index (χ3v) is 8.21. The summed E-state index contributed by atoms with van der Waals surface area (Å²) in [5, 5.41) is 4.66. The fourth-order valence-electron chi connectivity index (χ4n) is 3.81. The zero-order chi connectivity index (χ0) is 23.9. The van der Waals surface area contributed by atoms with Crippen LogP contribution >= 0.6 is 11.3 Å². The number of halogens is 1. The summed E-state index contributed by atoms with van der Waals surface area (Å²) < 4.78 is 43.7. The Morgan fingerprint density at radius 2 is 2.03 bits per heavy atom. The van der Waals surface area contributed by atoms with Gasteiger partial charge in [0, 0.05) is 17.5 Å². The predicted octanol–water partition coefficient (Wildman–Crippen LogP) is 2.50. The Labute approximate surface area is 198 Å². The molecule has 2 aliphatic rings. The van der Waals surface area contributed by atoms with Crippen LogP contribution in [0.3, 0.4) is 0 Å². The molecule has 176 valence electrons. The molecule has 0 spiro atoms. The molecule has 2 aromatic heterocycles. The maximum atomic E-state index is 13.4. The van der Waals surface area contributed by atoms with Crippen molar-refractivity contribution in [2.24, 2.45) is 0 Å². The molecule has 2 aliphatic heterocycles. The van der Waals surface area contributed by atoms with Crippen molar-refractivity contribution in [2.75, 3.05) is 24.2 Å². The quantitative estimate of drug-likeness (QED) is 0.545. The summed E-state index contributed by atoms with van der Waals surface area (Å²) in [6.45, 7) is 0.640. The lowest BCUT2D eigenvalue weighted by atomic mass is 10.00. The maximum Gasteiger partial charge on any atom is 0.254 e. The number of anilines is 1. The number of thiazole rings is 1. The van der Waals surface area contributed by atoms with E-state index in [2.05, 4.69) is 15.3 Å². The number of hydrogen-bond donors (Lipinski definition) is 1. The highest BCUT2D eigenvalue weighted by molar-refractivity contribution is 7.91. The summed E-state index contributed by atoms with van der Waals surface area (Å²) in [6, 6.07) is 8.17. The number of rotatable bonds is 4. The summed E-state index contributed by atoms with van der Waals surface area (Å²) in [5.74, 6) is -1.59. The Morgan fingerprint density at radius 1 is 1.18 bits per heavy atom. The highest BCUT2D eigenvalue weighted by Gasteiger charge is 2.38. The number of pyridine rings is 1. The van der Waals surface area contributed by atoms with Gasteiger partial charge in [0.25, 0.3) is 5.91 Å². The second-order valence-corrected chi connectivity index (χ2v) is 10.8. The molecule has 3 aromatic rings. The van der Waals surface area contributed by atoms with E-state index in [0.717, 1.165) is 0 Å². The van der Waals surface area contributed by atoms with Gasteiger partial charge in [-0.3, -0.25) is 9.59 Å². The van der Waals surface area contributed by atoms with Gasteiger partial charge in [0.15, 0.2) is 15.0 Å². The van der Waals surface area contributed by atoms with Crippen molar-refractivity contribution in [2.45, 2.75) is 24.0 Å². The van der Waals surface area contributed by atoms with E-state index in [0.29, 0.717) is 35.0 Å². The smallest absolute Gasteiger partial charge is 0.254 e. The van der Waals surface area contributed by atoms with Crippen LogP contribution in [0.2, 0.25) is 0 Å². The number of carbonyl (C=O) groups excluding carboxylic acids is 2. The van der Waals surface area contributed by atoms with Crippen molar-refractivity contribution in [3.05, 3.63) is 58.9 Å². The van der Waals surface area contributed by atoms with Gasteiger partial charge in [-0.15, -0.1) is 11.3 Å². The number of aromatic nitrogens is 2. The molecule has 0 unspecified atom stereocenters. The van der Waals surface area contributed by atoms with E-state index < -0.39 is 33.6 Å². The van der Waals surface area contributed by atoms with Crippen LogP contribution in [0.25, 0.3) is 11.4 Å². The van der Waals surface area contributed by atoms with Gasteiger partial charge in [0.2, 0.25) is 11.9 Å². The fraction of sp³-hybridized carbons (Fsp3) is 0.273. The molecule has 0 bridgehead atoms. The number of benzene rings is 1. The first kappa shape index (κ1) is 22.6. The van der Waals surface area contributed by atoms with Crippen LogP contribution in [0, 0.1) is 5.95 Å². The summed E-state index contributed by atoms with van der Waals surface area (Å²) in [4.78, 5) is 35.4. The van der Waals surface area contributed by atoms with Crippen LogP contribution in [0.4, 0.5) is 9.52 Å². The number of hydrogen-bond acceptors (Lipinski definition) is 8. The molecule has 0 saturated carbocycles. The number of likely N-dealkylation sites (tertiary alicyclic amines) is 1. The van der Waals surface area contributed by atoms with E-state index in [1.165, 1.54) is 34.4 Å². The summed E-state index contributed by atoms with van der Waals surface area (Å²) in [5.41, 5.74) is 1.49. The van der Waals surface area contributed by atoms with Crippen molar-refractivity contribution in [3.63, 3.8) is 0 Å². The van der Waals surface area contributed by atoms with Crippen molar-refractivity contribution in [1.82, 2.24) is 14.9 Å². The normalized spacial score (nSPS) is 19.0. The summed E-state index contributed by atoms with van der Waals surface area (Å²) in [7, 11) is -3.55. The number of nitrogens with zero attached hydrogens (tertiary/aromatic N) is 3. The molecule has 0 radical (unpaired) electrons. The first-order chi connectivity index (χ1) is 16.3.